The van der Waals surface area contributed by atoms with Crippen LogP contribution in [-0.4, -0.2) is 4.98 Å². The second-order valence-electron chi connectivity index (χ2n) is 3.61. The molecule has 0 saturated heterocycles. The van der Waals surface area contributed by atoms with Crippen molar-refractivity contribution >= 4 is 17.4 Å². The molecule has 82 valence electrons. The maximum atomic E-state index is 11.2. The van der Waals surface area contributed by atoms with E-state index in [-0.39, 0.29) is 5.56 Å². The molecule has 0 fully saturated rings. The van der Waals surface area contributed by atoms with Gasteiger partial charge in [0.25, 0.3) is 0 Å². The third-order valence-corrected chi connectivity index (χ3v) is 2.50. The van der Waals surface area contributed by atoms with Crippen molar-refractivity contribution in [2.24, 2.45) is 0 Å². The number of rotatable bonds is 2. The molecule has 0 aliphatic rings. The first-order chi connectivity index (χ1) is 7.63. The number of benzene rings is 1. The molecule has 0 radical (unpaired) electrons. The van der Waals surface area contributed by atoms with Gasteiger partial charge in [-0.2, -0.15) is 0 Å². The van der Waals surface area contributed by atoms with E-state index in [9.17, 15) is 4.79 Å². The molecule has 0 aliphatic heterocycles. The lowest BCUT2D eigenvalue weighted by Crippen LogP contribution is -2.09. The van der Waals surface area contributed by atoms with Gasteiger partial charge in [-0.1, -0.05) is 23.7 Å². The normalized spacial score (nSPS) is 10.3. The zero-order valence-corrected chi connectivity index (χ0v) is 9.29. The number of nitrogens with one attached hydrogen (secondary N) is 1. The van der Waals surface area contributed by atoms with Gasteiger partial charge in [-0.25, -0.2) is 0 Å². The Morgan fingerprint density at radius 2 is 1.81 bits per heavy atom. The molecule has 1 heterocycles. The summed E-state index contributed by atoms with van der Waals surface area (Å²) in [5, 5.41) is 0.703. The second kappa shape index (κ2) is 4.41. The summed E-state index contributed by atoms with van der Waals surface area (Å²) in [5.74, 6) is 0.386. The molecule has 0 amide bonds. The standard InChI is InChI=1S/C12H11ClN2O/c13-10-3-1-8(2-4-10)5-9-6-11(14)15-12(16)7-9/h1-4,6-7H,5H2,(H3,14,15,16). The Morgan fingerprint density at radius 3 is 2.44 bits per heavy atom. The van der Waals surface area contributed by atoms with E-state index in [2.05, 4.69) is 4.98 Å². The summed E-state index contributed by atoms with van der Waals surface area (Å²) in [7, 11) is 0. The molecule has 2 rings (SSSR count). The Kier molecular flexibility index (Phi) is 2.97. The van der Waals surface area contributed by atoms with Crippen LogP contribution in [-0.2, 0) is 6.42 Å². The molecule has 0 bridgehead atoms. The fourth-order valence-electron chi connectivity index (χ4n) is 1.56. The van der Waals surface area contributed by atoms with E-state index in [1.807, 2.05) is 24.3 Å². The quantitative estimate of drug-likeness (QED) is 0.837. The SMILES string of the molecule is Nc1cc(Cc2ccc(Cl)cc2)cc(=O)[nH]1. The van der Waals surface area contributed by atoms with Gasteiger partial charge in [-0.05, 0) is 35.7 Å². The van der Waals surface area contributed by atoms with Gasteiger partial charge in [0, 0.05) is 11.1 Å². The summed E-state index contributed by atoms with van der Waals surface area (Å²) < 4.78 is 0. The lowest BCUT2D eigenvalue weighted by atomic mass is 10.1. The highest BCUT2D eigenvalue weighted by atomic mass is 35.5. The number of hydrogen-bond acceptors (Lipinski definition) is 2. The highest BCUT2D eigenvalue weighted by molar-refractivity contribution is 6.30. The van der Waals surface area contributed by atoms with Gasteiger partial charge in [0.2, 0.25) is 5.56 Å². The molecule has 16 heavy (non-hydrogen) atoms. The minimum Gasteiger partial charge on any atom is -0.385 e. The molecular formula is C12H11ClN2O. The van der Waals surface area contributed by atoms with Gasteiger partial charge in [0.05, 0.1) is 0 Å². The molecule has 0 atom stereocenters. The van der Waals surface area contributed by atoms with Crippen LogP contribution in [0.4, 0.5) is 5.82 Å². The number of anilines is 1. The van der Waals surface area contributed by atoms with Gasteiger partial charge >= 0.3 is 0 Å². The van der Waals surface area contributed by atoms with Crippen LogP contribution in [0.2, 0.25) is 5.02 Å². The van der Waals surface area contributed by atoms with Crippen LogP contribution in [0.25, 0.3) is 0 Å². The number of aromatic nitrogens is 1. The maximum absolute atomic E-state index is 11.2. The van der Waals surface area contributed by atoms with Crippen molar-refractivity contribution in [3.05, 3.63) is 62.9 Å². The number of aromatic amines is 1. The smallest absolute Gasteiger partial charge is 0.249 e. The topological polar surface area (TPSA) is 58.9 Å². The highest BCUT2D eigenvalue weighted by Gasteiger charge is 1.99. The monoisotopic (exact) mass is 234 g/mol. The summed E-state index contributed by atoms with van der Waals surface area (Å²) in [6.45, 7) is 0. The molecule has 0 aliphatic carbocycles. The van der Waals surface area contributed by atoms with Gasteiger partial charge < -0.3 is 10.7 Å². The van der Waals surface area contributed by atoms with Crippen molar-refractivity contribution in [2.45, 2.75) is 6.42 Å². The van der Waals surface area contributed by atoms with E-state index in [0.717, 1.165) is 11.1 Å². The number of nitrogen functional groups attached to an aromatic ring is 1. The van der Waals surface area contributed by atoms with Gasteiger partial charge in [-0.15, -0.1) is 0 Å². The van der Waals surface area contributed by atoms with Gasteiger partial charge in [0.1, 0.15) is 5.82 Å². The fraction of sp³-hybridized carbons (Fsp3) is 0.0833. The molecule has 1 aromatic heterocycles. The summed E-state index contributed by atoms with van der Waals surface area (Å²) >= 11 is 5.79. The van der Waals surface area contributed by atoms with Crippen molar-refractivity contribution in [3.63, 3.8) is 0 Å². The lowest BCUT2D eigenvalue weighted by molar-refractivity contribution is 1.14. The van der Waals surface area contributed by atoms with Crippen LogP contribution < -0.4 is 11.3 Å². The van der Waals surface area contributed by atoms with E-state index in [4.69, 9.17) is 17.3 Å². The van der Waals surface area contributed by atoms with Gasteiger partial charge in [0.15, 0.2) is 0 Å². The van der Waals surface area contributed by atoms with Crippen LogP contribution in [0.15, 0.2) is 41.2 Å². The lowest BCUT2D eigenvalue weighted by Gasteiger charge is -2.02. The van der Waals surface area contributed by atoms with Gasteiger partial charge in [-0.3, -0.25) is 4.79 Å². The average molecular weight is 235 g/mol. The first-order valence-corrected chi connectivity index (χ1v) is 5.24. The Bertz CT molecular complexity index is 546. The summed E-state index contributed by atoms with van der Waals surface area (Å²) in [5.41, 5.74) is 7.37. The van der Waals surface area contributed by atoms with E-state index in [0.29, 0.717) is 17.3 Å². The predicted octanol–water partition coefficient (Wildman–Crippen LogP) is 2.20. The zero-order valence-electron chi connectivity index (χ0n) is 8.53. The largest absolute Gasteiger partial charge is 0.385 e. The zero-order chi connectivity index (χ0) is 11.5. The molecule has 2 aromatic rings. The minimum absolute atomic E-state index is 0.177. The Hall–Kier alpha value is -1.74. The molecule has 3 N–H and O–H groups in total. The van der Waals surface area contributed by atoms with Crippen LogP contribution in [0.3, 0.4) is 0 Å². The average Bonchev–Trinajstić information content (AvgIpc) is 2.20. The molecule has 3 nitrogen and oxygen atoms in total. The number of halogens is 1. The molecule has 4 heteroatoms. The van der Waals surface area contributed by atoms with Crippen LogP contribution >= 0.6 is 11.6 Å². The minimum atomic E-state index is -0.177. The van der Waals surface area contributed by atoms with Crippen molar-refractivity contribution < 1.29 is 0 Å². The maximum Gasteiger partial charge on any atom is 0.249 e. The Balaban J connectivity index is 2.26. The van der Waals surface area contributed by atoms with E-state index >= 15 is 0 Å². The van der Waals surface area contributed by atoms with Crippen molar-refractivity contribution in [1.29, 1.82) is 0 Å². The summed E-state index contributed by atoms with van der Waals surface area (Å²) in [4.78, 5) is 13.7. The van der Waals surface area contributed by atoms with Crippen LogP contribution in [0.5, 0.6) is 0 Å². The first-order valence-electron chi connectivity index (χ1n) is 4.86. The predicted molar refractivity (Wildman–Crippen MR) is 65.7 cm³/mol. The van der Waals surface area contributed by atoms with E-state index < -0.39 is 0 Å². The molecule has 0 spiro atoms. The third kappa shape index (κ3) is 2.64. The Morgan fingerprint density at radius 1 is 1.12 bits per heavy atom. The number of nitrogens with two attached hydrogens (primary N) is 1. The van der Waals surface area contributed by atoms with Crippen molar-refractivity contribution in [1.82, 2.24) is 4.98 Å². The molecular weight excluding hydrogens is 224 g/mol. The van der Waals surface area contributed by atoms with Crippen molar-refractivity contribution in [2.75, 3.05) is 5.73 Å². The van der Waals surface area contributed by atoms with E-state index in [1.54, 1.807) is 12.1 Å². The van der Waals surface area contributed by atoms with Crippen LogP contribution in [0, 0.1) is 0 Å². The molecule has 0 saturated carbocycles. The molecule has 0 unspecified atom stereocenters. The highest BCUT2D eigenvalue weighted by Crippen LogP contribution is 2.13. The summed E-state index contributed by atoms with van der Waals surface area (Å²) in [6, 6.07) is 10.8. The summed E-state index contributed by atoms with van der Waals surface area (Å²) in [6.07, 6.45) is 0.672. The third-order valence-electron chi connectivity index (χ3n) is 2.25. The fourth-order valence-corrected chi connectivity index (χ4v) is 1.69. The number of H-pyrrole nitrogens is 1. The Labute approximate surface area is 97.9 Å². The second-order valence-corrected chi connectivity index (χ2v) is 4.05. The number of hydrogen-bond donors (Lipinski definition) is 2. The first kappa shape index (κ1) is 10.8. The number of pyridine rings is 1. The van der Waals surface area contributed by atoms with Crippen molar-refractivity contribution in [3.8, 4) is 0 Å². The molecule has 1 aromatic carbocycles. The van der Waals surface area contributed by atoms with Crippen LogP contribution in [0.1, 0.15) is 11.1 Å². The van der Waals surface area contributed by atoms with E-state index in [1.165, 1.54) is 0 Å².